The van der Waals surface area contributed by atoms with Crippen molar-refractivity contribution in [3.8, 4) is 0 Å². The smallest absolute Gasteiger partial charge is 0.293 e. The van der Waals surface area contributed by atoms with E-state index in [2.05, 4.69) is 5.32 Å². The van der Waals surface area contributed by atoms with E-state index in [4.69, 9.17) is 4.42 Å². The highest BCUT2D eigenvalue weighted by molar-refractivity contribution is 6.07. The van der Waals surface area contributed by atoms with Gasteiger partial charge in [0.2, 0.25) is 0 Å². The van der Waals surface area contributed by atoms with E-state index in [0.29, 0.717) is 23.6 Å². The minimum Gasteiger partial charge on any atom is -0.459 e. The number of carbonyl (C=O) groups is 2. The minimum absolute atomic E-state index is 0.164. The second-order valence-electron chi connectivity index (χ2n) is 6.20. The molecule has 5 nitrogen and oxygen atoms in total. The molecule has 5 heteroatoms. The molecule has 0 bridgehead atoms. The lowest BCUT2D eigenvalue weighted by Crippen LogP contribution is -2.35. The second kappa shape index (κ2) is 6.88. The first-order chi connectivity index (χ1) is 12.7. The summed E-state index contributed by atoms with van der Waals surface area (Å²) in [5.74, 6) is -0.0238. The van der Waals surface area contributed by atoms with Gasteiger partial charge < -0.3 is 14.6 Å². The maximum Gasteiger partial charge on any atom is 0.293 e. The minimum atomic E-state index is -0.176. The summed E-state index contributed by atoms with van der Waals surface area (Å²) >= 11 is 0. The largest absolute Gasteiger partial charge is 0.459 e. The quantitative estimate of drug-likeness (QED) is 0.776. The van der Waals surface area contributed by atoms with Gasteiger partial charge in [0.15, 0.2) is 5.76 Å². The van der Waals surface area contributed by atoms with Gasteiger partial charge in [-0.15, -0.1) is 0 Å². The molecule has 0 atom stereocenters. The van der Waals surface area contributed by atoms with Gasteiger partial charge in [0.25, 0.3) is 11.8 Å². The van der Waals surface area contributed by atoms with E-state index in [-0.39, 0.29) is 11.8 Å². The number of fused-ring (bicyclic) bond motifs is 1. The Balaban J connectivity index is 1.61. The van der Waals surface area contributed by atoms with Gasteiger partial charge in [-0.25, -0.2) is 0 Å². The van der Waals surface area contributed by atoms with Crippen molar-refractivity contribution in [2.45, 2.75) is 12.8 Å². The van der Waals surface area contributed by atoms with Crippen LogP contribution in [-0.2, 0) is 6.42 Å². The number of nitrogens with zero attached hydrogens (tertiary/aromatic N) is 1. The highest BCUT2D eigenvalue weighted by atomic mass is 16.3. The molecule has 1 aliphatic rings. The predicted molar refractivity (Wildman–Crippen MR) is 99.5 cm³/mol. The van der Waals surface area contributed by atoms with Crippen molar-refractivity contribution >= 4 is 23.2 Å². The van der Waals surface area contributed by atoms with Crippen LogP contribution in [0.3, 0.4) is 0 Å². The van der Waals surface area contributed by atoms with Crippen LogP contribution in [0, 0.1) is 0 Å². The number of carbonyl (C=O) groups excluding carboxylic acids is 2. The van der Waals surface area contributed by atoms with Gasteiger partial charge >= 0.3 is 0 Å². The summed E-state index contributed by atoms with van der Waals surface area (Å²) in [5, 5.41) is 2.90. The Morgan fingerprint density at radius 2 is 1.85 bits per heavy atom. The van der Waals surface area contributed by atoms with Crippen molar-refractivity contribution < 1.29 is 14.0 Å². The number of anilines is 2. The third kappa shape index (κ3) is 3.11. The average molecular weight is 346 g/mol. The fourth-order valence-corrected chi connectivity index (χ4v) is 3.19. The summed E-state index contributed by atoms with van der Waals surface area (Å²) in [5.41, 5.74) is 3.17. The van der Waals surface area contributed by atoms with Crippen molar-refractivity contribution in [3.05, 3.63) is 83.8 Å². The maximum absolute atomic E-state index is 12.7. The van der Waals surface area contributed by atoms with Crippen LogP contribution in [0.4, 0.5) is 11.4 Å². The number of nitrogens with one attached hydrogen (secondary N) is 1. The Kier molecular flexibility index (Phi) is 4.27. The number of furan rings is 1. The molecule has 0 radical (unpaired) electrons. The molecule has 0 saturated carbocycles. The molecule has 1 aliphatic heterocycles. The molecule has 26 heavy (non-hydrogen) atoms. The van der Waals surface area contributed by atoms with E-state index in [1.54, 1.807) is 29.2 Å². The molecular weight excluding hydrogens is 328 g/mol. The highest BCUT2D eigenvalue weighted by Gasteiger charge is 2.25. The van der Waals surface area contributed by atoms with Crippen molar-refractivity contribution in [2.75, 3.05) is 16.8 Å². The summed E-state index contributed by atoms with van der Waals surface area (Å²) in [4.78, 5) is 26.8. The van der Waals surface area contributed by atoms with Crippen LogP contribution in [0.2, 0.25) is 0 Å². The monoisotopic (exact) mass is 346 g/mol. The molecular formula is C21H18N2O3. The zero-order valence-electron chi connectivity index (χ0n) is 14.1. The van der Waals surface area contributed by atoms with E-state index in [0.717, 1.165) is 24.1 Å². The molecule has 0 spiro atoms. The molecule has 1 aromatic heterocycles. The number of hydrogen-bond acceptors (Lipinski definition) is 3. The van der Waals surface area contributed by atoms with Crippen LogP contribution in [0.1, 0.15) is 32.9 Å². The fraction of sp³-hybridized carbons (Fsp3) is 0.143. The molecule has 2 aromatic carbocycles. The normalized spacial score (nSPS) is 13.2. The SMILES string of the molecule is O=C(Nc1ccc2c(c1)N(C(=O)c1ccco1)CCC2)c1ccccc1. The molecule has 2 amide bonds. The summed E-state index contributed by atoms with van der Waals surface area (Å²) in [6.07, 6.45) is 3.30. The zero-order chi connectivity index (χ0) is 17.9. The summed E-state index contributed by atoms with van der Waals surface area (Å²) < 4.78 is 5.26. The highest BCUT2D eigenvalue weighted by Crippen LogP contribution is 2.31. The molecule has 0 saturated heterocycles. The molecule has 0 aliphatic carbocycles. The Morgan fingerprint density at radius 3 is 2.62 bits per heavy atom. The van der Waals surface area contributed by atoms with Gasteiger partial charge in [-0.3, -0.25) is 9.59 Å². The Labute approximate surface area is 151 Å². The first-order valence-corrected chi connectivity index (χ1v) is 8.57. The van der Waals surface area contributed by atoms with Gasteiger partial charge in [-0.2, -0.15) is 0 Å². The van der Waals surface area contributed by atoms with E-state index < -0.39 is 0 Å². The van der Waals surface area contributed by atoms with Crippen molar-refractivity contribution in [2.24, 2.45) is 0 Å². The second-order valence-corrected chi connectivity index (χ2v) is 6.20. The molecule has 130 valence electrons. The molecule has 3 aromatic rings. The summed E-state index contributed by atoms with van der Waals surface area (Å²) in [7, 11) is 0. The van der Waals surface area contributed by atoms with E-state index in [9.17, 15) is 9.59 Å². The standard InChI is InChI=1S/C21H18N2O3/c24-20(16-6-2-1-3-7-16)22-17-11-10-15-8-4-12-23(18(15)14-17)21(25)19-9-5-13-26-19/h1-3,5-7,9-11,13-14H,4,8,12H2,(H,22,24). The van der Waals surface area contributed by atoms with Crippen LogP contribution < -0.4 is 10.2 Å². The zero-order valence-corrected chi connectivity index (χ0v) is 14.1. The van der Waals surface area contributed by atoms with Crippen LogP contribution in [-0.4, -0.2) is 18.4 Å². The molecule has 0 fully saturated rings. The number of rotatable bonds is 3. The van der Waals surface area contributed by atoms with Crippen molar-refractivity contribution in [3.63, 3.8) is 0 Å². The number of amides is 2. The summed E-state index contributed by atoms with van der Waals surface area (Å²) in [6, 6.07) is 18.1. The lowest BCUT2D eigenvalue weighted by Gasteiger charge is -2.29. The first-order valence-electron chi connectivity index (χ1n) is 8.57. The Hall–Kier alpha value is -3.34. The lowest BCUT2D eigenvalue weighted by atomic mass is 10.0. The van der Waals surface area contributed by atoms with Gasteiger partial charge in [0.05, 0.1) is 6.26 Å². The third-order valence-corrected chi connectivity index (χ3v) is 4.47. The van der Waals surface area contributed by atoms with Crippen LogP contribution >= 0.6 is 0 Å². The van der Waals surface area contributed by atoms with Gasteiger partial charge in [-0.1, -0.05) is 24.3 Å². The van der Waals surface area contributed by atoms with E-state index in [1.807, 2.05) is 36.4 Å². The van der Waals surface area contributed by atoms with Crippen LogP contribution in [0.15, 0.2) is 71.3 Å². The molecule has 2 heterocycles. The van der Waals surface area contributed by atoms with Crippen molar-refractivity contribution in [1.29, 1.82) is 0 Å². The summed E-state index contributed by atoms with van der Waals surface area (Å²) in [6.45, 7) is 0.628. The average Bonchev–Trinajstić information content (AvgIpc) is 3.22. The van der Waals surface area contributed by atoms with Crippen molar-refractivity contribution in [1.82, 2.24) is 0 Å². The van der Waals surface area contributed by atoms with E-state index in [1.165, 1.54) is 6.26 Å². The number of hydrogen-bond donors (Lipinski definition) is 1. The van der Waals surface area contributed by atoms with Crippen LogP contribution in [0.5, 0.6) is 0 Å². The predicted octanol–water partition coefficient (Wildman–Crippen LogP) is 4.12. The van der Waals surface area contributed by atoms with Crippen LogP contribution in [0.25, 0.3) is 0 Å². The Bertz CT molecular complexity index is 933. The number of benzene rings is 2. The molecule has 1 N–H and O–H groups in total. The maximum atomic E-state index is 12.7. The Morgan fingerprint density at radius 1 is 1.00 bits per heavy atom. The number of aryl methyl sites for hydroxylation is 1. The van der Waals surface area contributed by atoms with Gasteiger partial charge in [0, 0.05) is 23.5 Å². The van der Waals surface area contributed by atoms with Gasteiger partial charge in [0.1, 0.15) is 0 Å². The molecule has 0 unspecified atom stereocenters. The fourth-order valence-electron chi connectivity index (χ4n) is 3.19. The third-order valence-electron chi connectivity index (χ3n) is 4.47. The first kappa shape index (κ1) is 16.1. The molecule has 4 rings (SSSR count). The topological polar surface area (TPSA) is 62.6 Å². The van der Waals surface area contributed by atoms with Gasteiger partial charge in [-0.05, 0) is 54.8 Å². The lowest BCUT2D eigenvalue weighted by molar-refractivity contribution is 0.0958. The van der Waals surface area contributed by atoms with E-state index >= 15 is 0 Å².